The summed E-state index contributed by atoms with van der Waals surface area (Å²) in [4.78, 5) is 11.7. The molecule has 0 amide bonds. The van der Waals surface area contributed by atoms with Crippen LogP contribution in [0.4, 0.5) is 0 Å². The van der Waals surface area contributed by atoms with E-state index < -0.39 is 0 Å². The standard InChI is InChI=1S/C15H20O2/c1-3-5-11-17-12-15(16)14-9-7-13(6-4-2)8-10-14/h3,5,7-10H,4,6,11-12H2,1-2H3. The summed E-state index contributed by atoms with van der Waals surface area (Å²) in [5, 5.41) is 0. The van der Waals surface area contributed by atoms with E-state index in [1.807, 2.05) is 43.3 Å². The third-order valence-corrected chi connectivity index (χ3v) is 2.50. The van der Waals surface area contributed by atoms with Crippen LogP contribution >= 0.6 is 0 Å². The number of carbonyl (C=O) groups is 1. The Morgan fingerprint density at radius 3 is 2.59 bits per heavy atom. The Kier molecular flexibility index (Phi) is 6.26. The minimum atomic E-state index is 0.0394. The number of allylic oxidation sites excluding steroid dienone is 1. The van der Waals surface area contributed by atoms with Crippen molar-refractivity contribution in [3.63, 3.8) is 0 Å². The van der Waals surface area contributed by atoms with E-state index in [0.717, 1.165) is 18.4 Å². The average Bonchev–Trinajstić information content (AvgIpc) is 2.36. The van der Waals surface area contributed by atoms with E-state index >= 15 is 0 Å². The molecule has 0 unspecified atom stereocenters. The van der Waals surface area contributed by atoms with E-state index in [2.05, 4.69) is 6.92 Å². The van der Waals surface area contributed by atoms with Gasteiger partial charge in [0.05, 0.1) is 6.61 Å². The number of ether oxygens (including phenoxy) is 1. The molecule has 0 saturated carbocycles. The van der Waals surface area contributed by atoms with Crippen molar-refractivity contribution in [3.05, 3.63) is 47.5 Å². The minimum Gasteiger partial charge on any atom is -0.369 e. The van der Waals surface area contributed by atoms with Gasteiger partial charge in [-0.2, -0.15) is 0 Å². The van der Waals surface area contributed by atoms with Gasteiger partial charge in [-0.25, -0.2) is 0 Å². The summed E-state index contributed by atoms with van der Waals surface area (Å²) in [7, 11) is 0. The molecule has 0 aliphatic rings. The molecule has 0 atom stereocenters. The molecule has 2 nitrogen and oxygen atoms in total. The highest BCUT2D eigenvalue weighted by Gasteiger charge is 2.04. The van der Waals surface area contributed by atoms with Gasteiger partial charge < -0.3 is 4.74 Å². The van der Waals surface area contributed by atoms with E-state index in [-0.39, 0.29) is 12.4 Å². The van der Waals surface area contributed by atoms with Crippen LogP contribution in [0.1, 0.15) is 36.2 Å². The highest BCUT2D eigenvalue weighted by atomic mass is 16.5. The number of ketones is 1. The Balaban J connectivity index is 2.46. The largest absolute Gasteiger partial charge is 0.369 e. The second kappa shape index (κ2) is 7.80. The van der Waals surface area contributed by atoms with Gasteiger partial charge in [-0.1, -0.05) is 49.8 Å². The molecular weight excluding hydrogens is 212 g/mol. The van der Waals surface area contributed by atoms with Gasteiger partial charge in [0.15, 0.2) is 5.78 Å². The molecule has 0 radical (unpaired) electrons. The predicted molar refractivity (Wildman–Crippen MR) is 70.4 cm³/mol. The molecule has 0 bridgehead atoms. The summed E-state index contributed by atoms with van der Waals surface area (Å²) in [6.07, 6.45) is 5.98. The molecule has 0 spiro atoms. The maximum Gasteiger partial charge on any atom is 0.188 e. The van der Waals surface area contributed by atoms with Crippen molar-refractivity contribution >= 4 is 5.78 Å². The van der Waals surface area contributed by atoms with Gasteiger partial charge in [0.1, 0.15) is 6.61 Å². The highest BCUT2D eigenvalue weighted by Crippen LogP contribution is 2.07. The number of Topliss-reactive ketones (excluding diaryl/α,β-unsaturated/α-hetero) is 1. The fraction of sp³-hybridized carbons (Fsp3) is 0.400. The topological polar surface area (TPSA) is 26.3 Å². The summed E-state index contributed by atoms with van der Waals surface area (Å²) in [5.74, 6) is 0.0394. The van der Waals surface area contributed by atoms with Crippen molar-refractivity contribution in [2.45, 2.75) is 26.7 Å². The monoisotopic (exact) mass is 232 g/mol. The number of hydrogen-bond donors (Lipinski definition) is 0. The van der Waals surface area contributed by atoms with Gasteiger partial charge >= 0.3 is 0 Å². The first-order valence-corrected chi connectivity index (χ1v) is 6.09. The molecule has 0 heterocycles. The van der Waals surface area contributed by atoms with Gasteiger partial charge in [-0.15, -0.1) is 0 Å². The molecule has 0 fully saturated rings. The summed E-state index contributed by atoms with van der Waals surface area (Å²) < 4.78 is 5.23. The van der Waals surface area contributed by atoms with Crippen LogP contribution in [0.25, 0.3) is 0 Å². The first-order chi connectivity index (χ1) is 8.27. The van der Waals surface area contributed by atoms with E-state index in [9.17, 15) is 4.79 Å². The molecular formula is C15H20O2. The normalized spacial score (nSPS) is 10.9. The van der Waals surface area contributed by atoms with Gasteiger partial charge in [-0.05, 0) is 18.9 Å². The lowest BCUT2D eigenvalue weighted by Gasteiger charge is -2.03. The van der Waals surface area contributed by atoms with Crippen LogP contribution in [0, 0.1) is 0 Å². The Morgan fingerprint density at radius 2 is 2.00 bits per heavy atom. The predicted octanol–water partition coefficient (Wildman–Crippen LogP) is 3.41. The fourth-order valence-corrected chi connectivity index (χ4v) is 1.55. The molecule has 0 N–H and O–H groups in total. The zero-order chi connectivity index (χ0) is 12.5. The van der Waals surface area contributed by atoms with Gasteiger partial charge in [-0.3, -0.25) is 4.79 Å². The molecule has 0 aromatic heterocycles. The highest BCUT2D eigenvalue weighted by molar-refractivity contribution is 5.97. The van der Waals surface area contributed by atoms with Crippen LogP contribution in [-0.4, -0.2) is 19.0 Å². The summed E-state index contributed by atoms with van der Waals surface area (Å²) in [6, 6.07) is 7.80. The molecule has 92 valence electrons. The molecule has 1 aromatic rings. The van der Waals surface area contributed by atoms with Crippen molar-refractivity contribution in [3.8, 4) is 0 Å². The lowest BCUT2D eigenvalue weighted by atomic mass is 10.1. The quantitative estimate of drug-likeness (QED) is 0.409. The van der Waals surface area contributed by atoms with Crippen LogP contribution in [0.5, 0.6) is 0 Å². The van der Waals surface area contributed by atoms with Gasteiger partial charge in [0, 0.05) is 5.56 Å². The van der Waals surface area contributed by atoms with Crippen LogP contribution < -0.4 is 0 Å². The lowest BCUT2D eigenvalue weighted by Crippen LogP contribution is -2.09. The zero-order valence-corrected chi connectivity index (χ0v) is 10.6. The number of carbonyl (C=O) groups excluding carboxylic acids is 1. The SMILES string of the molecule is CC=CCOCC(=O)c1ccc(CCC)cc1. The second-order valence-corrected chi connectivity index (χ2v) is 3.95. The minimum absolute atomic E-state index is 0.0394. The lowest BCUT2D eigenvalue weighted by molar-refractivity contribution is 0.0806. The molecule has 0 aliphatic carbocycles. The zero-order valence-electron chi connectivity index (χ0n) is 10.6. The van der Waals surface area contributed by atoms with E-state index in [0.29, 0.717) is 6.61 Å². The van der Waals surface area contributed by atoms with Crippen molar-refractivity contribution in [1.82, 2.24) is 0 Å². The first-order valence-electron chi connectivity index (χ1n) is 6.09. The molecule has 1 aromatic carbocycles. The summed E-state index contributed by atoms with van der Waals surface area (Å²) in [5.41, 5.74) is 2.00. The Hall–Kier alpha value is -1.41. The Bertz CT molecular complexity index is 363. The molecule has 1 rings (SSSR count). The average molecular weight is 232 g/mol. The fourth-order valence-electron chi connectivity index (χ4n) is 1.55. The van der Waals surface area contributed by atoms with Crippen LogP contribution in [-0.2, 0) is 11.2 Å². The number of benzene rings is 1. The van der Waals surface area contributed by atoms with Gasteiger partial charge in [0.2, 0.25) is 0 Å². The third kappa shape index (κ3) is 4.96. The van der Waals surface area contributed by atoms with Crippen molar-refractivity contribution in [2.24, 2.45) is 0 Å². The van der Waals surface area contributed by atoms with E-state index in [1.54, 1.807) is 0 Å². The van der Waals surface area contributed by atoms with Gasteiger partial charge in [0.25, 0.3) is 0 Å². The maximum atomic E-state index is 11.7. The smallest absolute Gasteiger partial charge is 0.188 e. The summed E-state index contributed by atoms with van der Waals surface area (Å²) in [6.45, 7) is 4.72. The number of hydrogen-bond acceptors (Lipinski definition) is 2. The molecule has 0 aliphatic heterocycles. The molecule has 17 heavy (non-hydrogen) atoms. The van der Waals surface area contributed by atoms with Crippen LogP contribution in [0.15, 0.2) is 36.4 Å². The Labute approximate surface area is 103 Å². The number of aryl methyl sites for hydroxylation is 1. The van der Waals surface area contributed by atoms with Crippen LogP contribution in [0.2, 0.25) is 0 Å². The van der Waals surface area contributed by atoms with Crippen molar-refractivity contribution in [1.29, 1.82) is 0 Å². The van der Waals surface area contributed by atoms with Crippen molar-refractivity contribution < 1.29 is 9.53 Å². The number of rotatable bonds is 7. The van der Waals surface area contributed by atoms with Crippen LogP contribution in [0.3, 0.4) is 0 Å². The molecule has 2 heteroatoms. The van der Waals surface area contributed by atoms with Crippen molar-refractivity contribution in [2.75, 3.05) is 13.2 Å². The maximum absolute atomic E-state index is 11.7. The third-order valence-electron chi connectivity index (χ3n) is 2.50. The first kappa shape index (κ1) is 13.7. The second-order valence-electron chi connectivity index (χ2n) is 3.95. The molecule has 0 saturated heterocycles. The van der Waals surface area contributed by atoms with E-state index in [1.165, 1.54) is 5.56 Å². The summed E-state index contributed by atoms with van der Waals surface area (Å²) >= 11 is 0. The Morgan fingerprint density at radius 1 is 1.29 bits per heavy atom. The van der Waals surface area contributed by atoms with E-state index in [4.69, 9.17) is 4.74 Å².